The van der Waals surface area contributed by atoms with E-state index in [2.05, 4.69) is 20.9 Å². The maximum Gasteiger partial charge on any atom is 0.252 e. The van der Waals surface area contributed by atoms with Crippen molar-refractivity contribution in [2.45, 2.75) is 17.7 Å². The molecule has 2 fully saturated rings. The summed E-state index contributed by atoms with van der Waals surface area (Å²) in [6.45, 7) is 0. The zero-order valence-electron chi connectivity index (χ0n) is 14.9. The number of hydrogen-bond acceptors (Lipinski definition) is 4. The molecule has 0 radical (unpaired) electrons. The summed E-state index contributed by atoms with van der Waals surface area (Å²) in [4.78, 5) is 18.1. The molecule has 2 aliphatic heterocycles. The van der Waals surface area contributed by atoms with Crippen molar-refractivity contribution in [3.05, 3.63) is 64.1 Å². The summed E-state index contributed by atoms with van der Waals surface area (Å²) in [5.41, 5.74) is 0.784. The number of benzene rings is 2. The predicted molar refractivity (Wildman–Crippen MR) is 113 cm³/mol. The molecule has 2 atom stereocenters. The number of rotatable bonds is 3. The average molecular weight is 501 g/mol. The third kappa shape index (κ3) is 4.39. The van der Waals surface area contributed by atoms with Gasteiger partial charge in [0.25, 0.3) is 5.91 Å². The number of amides is 1. The number of halogens is 3. The molecule has 2 aromatic rings. The summed E-state index contributed by atoms with van der Waals surface area (Å²) >= 11 is 4.38. The molecule has 0 spiro atoms. The van der Waals surface area contributed by atoms with Gasteiger partial charge in [-0.05, 0) is 35.9 Å². The Morgan fingerprint density at radius 3 is 2.59 bits per heavy atom. The highest BCUT2D eigenvalue weighted by atomic mass is 79.9. The van der Waals surface area contributed by atoms with Crippen LogP contribution in [-0.2, 0) is 21.1 Å². The smallest absolute Gasteiger partial charge is 0.252 e. The molecule has 152 valence electrons. The van der Waals surface area contributed by atoms with Crippen molar-refractivity contribution in [2.24, 2.45) is 4.99 Å². The monoisotopic (exact) mass is 500 g/mol. The SMILES string of the molecule is O=C(Cc1ccc(F)cc1)N=C1S[C@@H]2CS(=O)(=O)C[C@H]2N1c1ccc(Br)cc1F. The van der Waals surface area contributed by atoms with Crippen molar-refractivity contribution >= 4 is 54.3 Å². The van der Waals surface area contributed by atoms with Gasteiger partial charge in [-0.3, -0.25) is 4.79 Å². The van der Waals surface area contributed by atoms with Crippen molar-refractivity contribution in [1.82, 2.24) is 0 Å². The number of sulfone groups is 1. The van der Waals surface area contributed by atoms with Crippen molar-refractivity contribution in [3.63, 3.8) is 0 Å². The third-order valence-electron chi connectivity index (χ3n) is 4.72. The molecule has 0 saturated carbocycles. The number of anilines is 1. The highest BCUT2D eigenvalue weighted by molar-refractivity contribution is 9.10. The first-order valence-corrected chi connectivity index (χ1v) is 12.2. The van der Waals surface area contributed by atoms with E-state index in [4.69, 9.17) is 0 Å². The number of amidine groups is 1. The lowest BCUT2D eigenvalue weighted by atomic mass is 10.1. The number of carbonyl (C=O) groups excluding carboxylic acids is 1. The van der Waals surface area contributed by atoms with Gasteiger partial charge in [0.15, 0.2) is 15.0 Å². The van der Waals surface area contributed by atoms with Crippen molar-refractivity contribution < 1.29 is 22.0 Å². The molecule has 1 amide bonds. The van der Waals surface area contributed by atoms with E-state index in [9.17, 15) is 22.0 Å². The highest BCUT2D eigenvalue weighted by Gasteiger charge is 2.50. The van der Waals surface area contributed by atoms with Crippen LogP contribution in [0, 0.1) is 11.6 Å². The lowest BCUT2D eigenvalue weighted by Crippen LogP contribution is -2.38. The number of fused-ring (bicyclic) bond motifs is 1. The number of aliphatic imine (C=N–C) groups is 1. The number of carbonyl (C=O) groups is 1. The molecule has 0 aliphatic carbocycles. The maximum atomic E-state index is 14.6. The molecule has 2 saturated heterocycles. The van der Waals surface area contributed by atoms with Crippen LogP contribution >= 0.6 is 27.7 Å². The van der Waals surface area contributed by atoms with Gasteiger partial charge in [-0.25, -0.2) is 17.2 Å². The largest absolute Gasteiger partial charge is 0.313 e. The van der Waals surface area contributed by atoms with Crippen LogP contribution in [0.2, 0.25) is 0 Å². The minimum Gasteiger partial charge on any atom is -0.313 e. The van der Waals surface area contributed by atoms with Gasteiger partial charge in [0.05, 0.1) is 29.7 Å². The van der Waals surface area contributed by atoms with Gasteiger partial charge in [0.2, 0.25) is 0 Å². The first-order valence-electron chi connectivity index (χ1n) is 8.69. The lowest BCUT2D eigenvalue weighted by Gasteiger charge is -2.25. The van der Waals surface area contributed by atoms with E-state index in [-0.39, 0.29) is 34.0 Å². The molecule has 10 heteroatoms. The fourth-order valence-electron chi connectivity index (χ4n) is 3.45. The lowest BCUT2D eigenvalue weighted by molar-refractivity contribution is -0.117. The van der Waals surface area contributed by atoms with Crippen LogP contribution in [0.3, 0.4) is 0 Å². The standard InChI is InChI=1S/C19H15BrF2N2O3S2/c20-12-3-6-15(14(22)8-12)24-16-9-29(26,27)10-17(16)28-19(24)23-18(25)7-11-1-4-13(21)5-2-11/h1-6,8,16-17H,7,9-10H2/t16-,17-/m1/s1. The van der Waals surface area contributed by atoms with Gasteiger partial charge in [-0.2, -0.15) is 4.99 Å². The van der Waals surface area contributed by atoms with E-state index in [0.717, 1.165) is 0 Å². The molecule has 5 nitrogen and oxygen atoms in total. The molecule has 0 bridgehead atoms. The number of hydrogen-bond donors (Lipinski definition) is 0. The van der Waals surface area contributed by atoms with Gasteiger partial charge in [-0.1, -0.05) is 39.8 Å². The quantitative estimate of drug-likeness (QED) is 0.644. The Balaban J connectivity index is 1.66. The third-order valence-corrected chi connectivity index (χ3v) is 8.43. The molecule has 0 aromatic heterocycles. The van der Waals surface area contributed by atoms with Gasteiger partial charge < -0.3 is 4.90 Å². The van der Waals surface area contributed by atoms with E-state index in [1.807, 2.05) is 0 Å². The Hall–Kier alpha value is -1.78. The second-order valence-corrected chi connectivity index (χ2v) is 11.1. The van der Waals surface area contributed by atoms with Crippen LogP contribution in [0.5, 0.6) is 0 Å². The van der Waals surface area contributed by atoms with E-state index < -0.39 is 33.4 Å². The summed E-state index contributed by atoms with van der Waals surface area (Å²) in [6.07, 6.45) is -0.0331. The molecule has 2 aromatic carbocycles. The maximum absolute atomic E-state index is 14.6. The number of nitrogens with zero attached hydrogens (tertiary/aromatic N) is 2. The minimum absolute atomic E-state index is 0.0331. The molecule has 4 rings (SSSR count). The van der Waals surface area contributed by atoms with E-state index >= 15 is 0 Å². The van der Waals surface area contributed by atoms with Gasteiger partial charge >= 0.3 is 0 Å². The fraction of sp³-hybridized carbons (Fsp3) is 0.263. The van der Waals surface area contributed by atoms with Crippen LogP contribution in [0.1, 0.15) is 5.56 Å². The zero-order valence-corrected chi connectivity index (χ0v) is 18.1. The van der Waals surface area contributed by atoms with Gasteiger partial charge in [0.1, 0.15) is 11.6 Å². The van der Waals surface area contributed by atoms with Crippen molar-refractivity contribution in [1.29, 1.82) is 0 Å². The Kier molecular flexibility index (Phi) is 5.52. The number of thioether (sulfide) groups is 1. The minimum atomic E-state index is -3.24. The summed E-state index contributed by atoms with van der Waals surface area (Å²) in [5, 5.41) is -0.0383. The van der Waals surface area contributed by atoms with E-state index in [0.29, 0.717) is 10.0 Å². The zero-order chi connectivity index (χ0) is 20.8. The van der Waals surface area contributed by atoms with Crippen molar-refractivity contribution in [3.8, 4) is 0 Å². The highest BCUT2D eigenvalue weighted by Crippen LogP contribution is 2.42. The average Bonchev–Trinajstić information content (AvgIpc) is 3.08. The summed E-state index contributed by atoms with van der Waals surface area (Å²) in [5.74, 6) is -1.56. The summed E-state index contributed by atoms with van der Waals surface area (Å²) < 4.78 is 52.4. The normalized spacial score (nSPS) is 24.1. The molecule has 2 aliphatic rings. The summed E-state index contributed by atoms with van der Waals surface area (Å²) in [6, 6.07) is 9.51. The molecule has 29 heavy (non-hydrogen) atoms. The molecule has 0 N–H and O–H groups in total. The molecular weight excluding hydrogens is 486 g/mol. The van der Waals surface area contributed by atoms with Crippen LogP contribution in [0.4, 0.5) is 14.5 Å². The Morgan fingerprint density at radius 2 is 1.90 bits per heavy atom. The van der Waals surface area contributed by atoms with E-state index in [1.54, 1.807) is 6.07 Å². The molecular formula is C19H15BrF2N2O3S2. The first-order chi connectivity index (χ1) is 13.7. The van der Waals surface area contributed by atoms with Crippen molar-refractivity contribution in [2.75, 3.05) is 16.4 Å². The Bertz CT molecular complexity index is 1110. The van der Waals surface area contributed by atoms with Crippen LogP contribution in [-0.4, -0.2) is 42.3 Å². The predicted octanol–water partition coefficient (Wildman–Crippen LogP) is 3.57. The van der Waals surface area contributed by atoms with Crippen LogP contribution in [0.15, 0.2) is 51.9 Å². The van der Waals surface area contributed by atoms with Gasteiger partial charge in [0, 0.05) is 9.72 Å². The Morgan fingerprint density at radius 1 is 1.17 bits per heavy atom. The fourth-order valence-corrected chi connectivity index (χ4v) is 7.70. The Labute approximate surface area is 179 Å². The first kappa shape index (κ1) is 20.5. The van der Waals surface area contributed by atoms with E-state index in [1.165, 1.54) is 53.1 Å². The molecule has 2 heterocycles. The van der Waals surface area contributed by atoms with Gasteiger partial charge in [-0.15, -0.1) is 0 Å². The topological polar surface area (TPSA) is 66.8 Å². The van der Waals surface area contributed by atoms with Crippen LogP contribution < -0.4 is 4.90 Å². The second-order valence-electron chi connectivity index (χ2n) is 6.86. The summed E-state index contributed by atoms with van der Waals surface area (Å²) in [7, 11) is -3.24. The second kappa shape index (κ2) is 7.81. The molecule has 0 unspecified atom stereocenters. The van der Waals surface area contributed by atoms with Crippen LogP contribution in [0.25, 0.3) is 0 Å².